The van der Waals surface area contributed by atoms with E-state index in [1.165, 1.54) is 14.2 Å². The van der Waals surface area contributed by atoms with Gasteiger partial charge in [0.2, 0.25) is 5.52 Å². The molecule has 2 heterocycles. The van der Waals surface area contributed by atoms with Crippen molar-refractivity contribution in [1.82, 2.24) is 0 Å². The minimum Gasteiger partial charge on any atom is -0.465 e. The number of thiazole rings is 1. The molecule has 0 bridgehead atoms. The van der Waals surface area contributed by atoms with Gasteiger partial charge in [-0.1, -0.05) is 98.2 Å². The Morgan fingerprint density at radius 1 is 0.840 bits per heavy atom. The second-order valence-corrected chi connectivity index (χ2v) is 14.8. The summed E-state index contributed by atoms with van der Waals surface area (Å²) in [5, 5.41) is 2.90. The van der Waals surface area contributed by atoms with Crippen LogP contribution < -0.4 is 9.47 Å². The maximum Gasteiger partial charge on any atom is 0.338 e. The molecule has 1 aliphatic heterocycles. The molecular weight excluding hydrogens is 684 g/mol. The van der Waals surface area contributed by atoms with E-state index in [2.05, 4.69) is 71.9 Å². The first-order chi connectivity index (χ1) is 24.4. The lowest BCUT2D eigenvalue weighted by Crippen LogP contribution is -2.35. The summed E-state index contributed by atoms with van der Waals surface area (Å²) in [5.41, 5.74) is 7.30. The van der Waals surface area contributed by atoms with Crippen LogP contribution in [0.15, 0.2) is 93.8 Å². The number of benzene rings is 3. The van der Waals surface area contributed by atoms with Gasteiger partial charge in [-0.25, -0.2) is 9.59 Å². The number of aryl methyl sites for hydroxylation is 1. The highest BCUT2D eigenvalue weighted by molar-refractivity contribution is 8.03. The highest BCUT2D eigenvalue weighted by Crippen LogP contribution is 2.48. The molecule has 4 aromatic rings. The Hall–Kier alpha value is -4.11. The monoisotopic (exact) mass is 725 g/mol. The van der Waals surface area contributed by atoms with Crippen molar-refractivity contribution >= 4 is 79.8 Å². The zero-order valence-corrected chi connectivity index (χ0v) is 31.4. The molecule has 0 amide bonds. The first-order valence-corrected chi connectivity index (χ1v) is 19.2. The SMILES string of the molecule is CCCCCN1/C(=C/C=C2C(Cl)=C(/C=C/c3sc4ccc(C(=O)OC)cc4[n+]3CCCCC)c3ccccc3/2)Sc2ccc(C(=O)OC)cc21. The molecule has 0 radical (unpaired) electrons. The zero-order chi connectivity index (χ0) is 35.2. The third kappa shape index (κ3) is 7.34. The minimum absolute atomic E-state index is 0.334. The number of unbranched alkanes of at least 4 members (excludes halogenated alkanes) is 4. The van der Waals surface area contributed by atoms with Crippen molar-refractivity contribution in [3.63, 3.8) is 0 Å². The van der Waals surface area contributed by atoms with Crippen molar-refractivity contribution < 1.29 is 23.6 Å². The highest BCUT2D eigenvalue weighted by atomic mass is 35.5. The fourth-order valence-corrected chi connectivity index (χ4v) is 8.88. The van der Waals surface area contributed by atoms with Crippen molar-refractivity contribution in [1.29, 1.82) is 0 Å². The number of esters is 2. The van der Waals surface area contributed by atoms with Gasteiger partial charge < -0.3 is 14.4 Å². The first-order valence-electron chi connectivity index (χ1n) is 17.2. The molecule has 3 aromatic carbocycles. The Kier molecular flexibility index (Phi) is 11.6. The average Bonchev–Trinajstić information content (AvgIpc) is 3.76. The number of hydrogen-bond acceptors (Lipinski definition) is 7. The van der Waals surface area contributed by atoms with Crippen LogP contribution in [-0.2, 0) is 16.0 Å². The van der Waals surface area contributed by atoms with Gasteiger partial charge >= 0.3 is 11.9 Å². The topological polar surface area (TPSA) is 59.7 Å². The predicted octanol–water partition coefficient (Wildman–Crippen LogP) is 10.7. The molecule has 0 saturated carbocycles. The fraction of sp³-hybridized carbons (Fsp3) is 0.293. The highest BCUT2D eigenvalue weighted by Gasteiger charge is 2.28. The molecule has 0 atom stereocenters. The van der Waals surface area contributed by atoms with Gasteiger partial charge in [-0.15, -0.1) is 0 Å². The van der Waals surface area contributed by atoms with E-state index in [4.69, 9.17) is 21.1 Å². The summed E-state index contributed by atoms with van der Waals surface area (Å²) in [6.45, 7) is 6.12. The molecule has 0 fully saturated rings. The summed E-state index contributed by atoms with van der Waals surface area (Å²) in [6, 6.07) is 19.9. The van der Waals surface area contributed by atoms with Crippen LogP contribution in [0, 0.1) is 0 Å². The number of thioether (sulfide) groups is 1. The molecule has 0 spiro atoms. The molecule has 2 aliphatic rings. The fourth-order valence-electron chi connectivity index (χ4n) is 6.41. The maximum atomic E-state index is 12.3. The van der Waals surface area contributed by atoms with E-state index in [1.54, 1.807) is 23.1 Å². The Morgan fingerprint density at radius 3 is 2.28 bits per heavy atom. The number of carbonyl (C=O) groups is 2. The number of anilines is 1. The summed E-state index contributed by atoms with van der Waals surface area (Å²) in [5.74, 6) is -0.669. The first kappa shape index (κ1) is 35.7. The number of nitrogens with zero attached hydrogens (tertiary/aromatic N) is 2. The number of ether oxygens (including phenoxy) is 2. The smallest absolute Gasteiger partial charge is 0.338 e. The lowest BCUT2D eigenvalue weighted by molar-refractivity contribution is -0.669. The van der Waals surface area contributed by atoms with Crippen LogP contribution in [0.4, 0.5) is 5.69 Å². The molecule has 0 saturated heterocycles. The molecule has 50 heavy (non-hydrogen) atoms. The number of hydrogen-bond donors (Lipinski definition) is 0. The van der Waals surface area contributed by atoms with Gasteiger partial charge in [-0.05, 0) is 66.5 Å². The molecule has 1 aliphatic carbocycles. The Labute approximate surface area is 307 Å². The van der Waals surface area contributed by atoms with Crippen LogP contribution >= 0.6 is 34.7 Å². The Bertz CT molecular complexity index is 2060. The largest absolute Gasteiger partial charge is 0.465 e. The molecule has 0 N–H and O–H groups in total. The number of methoxy groups -OCH3 is 2. The average molecular weight is 726 g/mol. The van der Waals surface area contributed by atoms with Crippen LogP contribution in [0.3, 0.4) is 0 Å². The van der Waals surface area contributed by atoms with Crippen LogP contribution in [0.25, 0.3) is 27.4 Å². The lowest BCUT2D eigenvalue weighted by atomic mass is 10.0. The number of fused-ring (bicyclic) bond motifs is 3. The van der Waals surface area contributed by atoms with E-state index in [0.29, 0.717) is 16.2 Å². The minimum atomic E-state index is -0.334. The quantitative estimate of drug-likeness (QED) is 0.0777. The second kappa shape index (κ2) is 16.3. The number of allylic oxidation sites excluding steroid dienone is 6. The molecule has 0 unspecified atom stereocenters. The van der Waals surface area contributed by atoms with Crippen molar-refractivity contribution in [2.75, 3.05) is 25.7 Å². The van der Waals surface area contributed by atoms with Crippen molar-refractivity contribution in [2.45, 2.75) is 63.8 Å². The summed E-state index contributed by atoms with van der Waals surface area (Å²) in [6.07, 6.45) is 15.2. The van der Waals surface area contributed by atoms with Crippen LogP contribution in [0.2, 0.25) is 0 Å². The number of halogens is 1. The van der Waals surface area contributed by atoms with E-state index < -0.39 is 0 Å². The summed E-state index contributed by atoms with van der Waals surface area (Å²) in [7, 11) is 2.83. The van der Waals surface area contributed by atoms with Gasteiger partial charge in [0.15, 0.2) is 6.54 Å². The zero-order valence-electron chi connectivity index (χ0n) is 29.0. The third-order valence-electron chi connectivity index (χ3n) is 9.04. The van der Waals surface area contributed by atoms with E-state index in [-0.39, 0.29) is 11.9 Å². The third-order valence-corrected chi connectivity index (χ3v) is 11.7. The van der Waals surface area contributed by atoms with Gasteiger partial charge in [0, 0.05) is 41.1 Å². The number of rotatable bonds is 13. The predicted molar refractivity (Wildman–Crippen MR) is 208 cm³/mol. The standard InChI is InChI=1S/C41H42ClN2O4S2/c1-5-7-11-23-43-33-25-27(40(45)47-3)15-19-35(33)49-37(43)21-17-31-29-13-9-10-14-30(29)32(39(31)42)18-22-38-44(24-12-8-6-2)34-26-28(41(46)48-4)16-20-36(34)50-38/h9-10,13-22,25-26H,5-8,11-12,23-24H2,1-4H3/q+1. The molecule has 6 rings (SSSR count). The maximum absolute atomic E-state index is 12.3. The van der Waals surface area contributed by atoms with Crippen LogP contribution in [0.5, 0.6) is 0 Å². The van der Waals surface area contributed by atoms with E-state index >= 15 is 0 Å². The van der Waals surface area contributed by atoms with E-state index in [0.717, 1.165) is 105 Å². The van der Waals surface area contributed by atoms with E-state index in [9.17, 15) is 9.59 Å². The van der Waals surface area contributed by atoms with Crippen molar-refractivity contribution in [3.8, 4) is 0 Å². The number of carbonyl (C=O) groups excluding carboxylic acids is 2. The van der Waals surface area contributed by atoms with Crippen molar-refractivity contribution in [2.24, 2.45) is 0 Å². The van der Waals surface area contributed by atoms with Crippen molar-refractivity contribution in [3.05, 3.63) is 116 Å². The molecule has 1 aromatic heterocycles. The Balaban J connectivity index is 1.37. The number of aromatic nitrogens is 1. The summed E-state index contributed by atoms with van der Waals surface area (Å²) in [4.78, 5) is 28.1. The molecule has 6 nitrogen and oxygen atoms in total. The lowest BCUT2D eigenvalue weighted by Gasteiger charge is -2.20. The van der Waals surface area contributed by atoms with Gasteiger partial charge in [-0.2, -0.15) is 4.57 Å². The van der Waals surface area contributed by atoms with Crippen LogP contribution in [-0.4, -0.2) is 32.7 Å². The second-order valence-electron chi connectivity index (χ2n) is 12.3. The Morgan fingerprint density at radius 2 is 1.54 bits per heavy atom. The summed E-state index contributed by atoms with van der Waals surface area (Å²) >= 11 is 10.7. The molecule has 258 valence electrons. The normalized spacial score (nSPS) is 15.5. The van der Waals surface area contributed by atoms with Gasteiger partial charge in [0.25, 0.3) is 5.01 Å². The molecule has 9 heteroatoms. The van der Waals surface area contributed by atoms with Gasteiger partial charge in [-0.3, -0.25) is 0 Å². The van der Waals surface area contributed by atoms with E-state index in [1.807, 2.05) is 36.4 Å². The molecular formula is C41H42ClN2O4S2+. The summed E-state index contributed by atoms with van der Waals surface area (Å²) < 4.78 is 13.4. The van der Waals surface area contributed by atoms with Gasteiger partial charge in [0.1, 0.15) is 4.70 Å². The van der Waals surface area contributed by atoms with Gasteiger partial charge in [0.05, 0.1) is 41.1 Å². The van der Waals surface area contributed by atoms with Crippen LogP contribution in [0.1, 0.15) is 89.2 Å².